The van der Waals surface area contributed by atoms with Crippen LogP contribution >= 0.6 is 0 Å². The van der Waals surface area contributed by atoms with Gasteiger partial charge in [-0.3, -0.25) is 0 Å². The average molecular weight is 229 g/mol. The second kappa shape index (κ2) is 5.19. The lowest BCUT2D eigenvalue weighted by molar-refractivity contribution is 0.495. The fourth-order valence-corrected chi connectivity index (χ4v) is 2.19. The Bertz CT molecular complexity index is 473. The first-order valence-corrected chi connectivity index (χ1v) is 6.07. The van der Waals surface area contributed by atoms with Crippen LogP contribution in [0.15, 0.2) is 40.8 Å². The third-order valence-corrected chi connectivity index (χ3v) is 2.93. The molecule has 0 saturated carbocycles. The summed E-state index contributed by atoms with van der Waals surface area (Å²) in [4.78, 5) is 0. The summed E-state index contributed by atoms with van der Waals surface area (Å²) < 4.78 is 5.62. The zero-order valence-electron chi connectivity index (χ0n) is 10.7. The summed E-state index contributed by atoms with van der Waals surface area (Å²) in [5.41, 5.74) is 2.51. The molecule has 2 aromatic rings. The van der Waals surface area contributed by atoms with E-state index in [0.717, 1.165) is 18.1 Å². The van der Waals surface area contributed by atoms with Gasteiger partial charge in [0.1, 0.15) is 11.5 Å². The largest absolute Gasteiger partial charge is 0.466 e. The van der Waals surface area contributed by atoms with Crippen molar-refractivity contribution in [3.63, 3.8) is 0 Å². The van der Waals surface area contributed by atoms with Gasteiger partial charge in [0.15, 0.2) is 0 Å². The molecule has 90 valence electrons. The van der Waals surface area contributed by atoms with Crippen LogP contribution in [0, 0.1) is 13.8 Å². The SMILES string of the molecule is CCNC(c1ccccc1)c1cc(C)oc1C. The van der Waals surface area contributed by atoms with Gasteiger partial charge in [-0.15, -0.1) is 0 Å². The molecule has 1 aromatic carbocycles. The first kappa shape index (κ1) is 11.9. The predicted octanol–water partition coefficient (Wildman–Crippen LogP) is 3.60. The van der Waals surface area contributed by atoms with Crippen molar-refractivity contribution >= 4 is 0 Å². The zero-order chi connectivity index (χ0) is 12.3. The van der Waals surface area contributed by atoms with Crippen LogP contribution in [0.25, 0.3) is 0 Å². The normalized spacial score (nSPS) is 12.6. The fraction of sp³-hybridized carbons (Fsp3) is 0.333. The lowest BCUT2D eigenvalue weighted by Gasteiger charge is -2.17. The molecule has 0 amide bonds. The van der Waals surface area contributed by atoms with Gasteiger partial charge in [-0.2, -0.15) is 0 Å². The molecule has 0 aliphatic carbocycles. The van der Waals surface area contributed by atoms with Crippen LogP contribution in [0.2, 0.25) is 0 Å². The van der Waals surface area contributed by atoms with E-state index in [1.165, 1.54) is 11.1 Å². The number of furan rings is 1. The van der Waals surface area contributed by atoms with E-state index in [-0.39, 0.29) is 6.04 Å². The standard InChI is InChI=1S/C15H19NO/c1-4-16-15(13-8-6-5-7-9-13)14-10-11(2)17-12(14)3/h5-10,15-16H,4H2,1-3H3. The van der Waals surface area contributed by atoms with E-state index in [9.17, 15) is 0 Å². The lowest BCUT2D eigenvalue weighted by Crippen LogP contribution is -2.22. The third kappa shape index (κ3) is 2.59. The van der Waals surface area contributed by atoms with Crippen molar-refractivity contribution in [2.45, 2.75) is 26.8 Å². The zero-order valence-corrected chi connectivity index (χ0v) is 10.7. The van der Waals surface area contributed by atoms with Crippen LogP contribution in [0.4, 0.5) is 0 Å². The molecule has 0 radical (unpaired) electrons. The molecular weight excluding hydrogens is 210 g/mol. The number of hydrogen-bond donors (Lipinski definition) is 1. The van der Waals surface area contributed by atoms with E-state index in [4.69, 9.17) is 4.42 Å². The monoisotopic (exact) mass is 229 g/mol. The van der Waals surface area contributed by atoms with Gasteiger partial charge in [0.05, 0.1) is 6.04 Å². The molecule has 0 fully saturated rings. The molecule has 2 heteroatoms. The molecule has 1 heterocycles. The summed E-state index contributed by atoms with van der Waals surface area (Å²) in [6.07, 6.45) is 0. The fourth-order valence-electron chi connectivity index (χ4n) is 2.19. The molecule has 1 atom stereocenters. The Balaban J connectivity index is 2.39. The van der Waals surface area contributed by atoms with Crippen LogP contribution in [0.1, 0.15) is 35.6 Å². The van der Waals surface area contributed by atoms with Gasteiger partial charge >= 0.3 is 0 Å². The highest BCUT2D eigenvalue weighted by Gasteiger charge is 2.17. The minimum atomic E-state index is 0.221. The van der Waals surface area contributed by atoms with Crippen LogP contribution in [-0.2, 0) is 0 Å². The first-order chi connectivity index (χ1) is 8.22. The summed E-state index contributed by atoms with van der Waals surface area (Å²) >= 11 is 0. The number of benzene rings is 1. The van der Waals surface area contributed by atoms with Gasteiger partial charge in [0.2, 0.25) is 0 Å². The maximum atomic E-state index is 5.62. The molecule has 0 aliphatic heterocycles. The molecule has 0 spiro atoms. The highest BCUT2D eigenvalue weighted by molar-refractivity contribution is 5.34. The Morgan fingerprint density at radius 3 is 2.41 bits per heavy atom. The smallest absolute Gasteiger partial charge is 0.106 e. The summed E-state index contributed by atoms with van der Waals surface area (Å²) in [6, 6.07) is 12.8. The number of aryl methyl sites for hydroxylation is 2. The Kier molecular flexibility index (Phi) is 3.64. The Labute approximate surface area is 103 Å². The van der Waals surface area contributed by atoms with E-state index in [1.54, 1.807) is 0 Å². The van der Waals surface area contributed by atoms with Crippen molar-refractivity contribution in [1.82, 2.24) is 5.32 Å². The molecule has 2 nitrogen and oxygen atoms in total. The van der Waals surface area contributed by atoms with Gasteiger partial charge in [-0.1, -0.05) is 37.3 Å². The minimum Gasteiger partial charge on any atom is -0.466 e. The Morgan fingerprint density at radius 1 is 1.18 bits per heavy atom. The summed E-state index contributed by atoms with van der Waals surface area (Å²) in [5, 5.41) is 3.51. The number of rotatable bonds is 4. The maximum absolute atomic E-state index is 5.62. The molecule has 0 bridgehead atoms. The number of nitrogens with one attached hydrogen (secondary N) is 1. The Morgan fingerprint density at radius 2 is 1.88 bits per heavy atom. The number of hydrogen-bond acceptors (Lipinski definition) is 2. The van der Waals surface area contributed by atoms with Crippen molar-refractivity contribution in [3.05, 3.63) is 59.0 Å². The molecule has 0 aliphatic rings. The van der Waals surface area contributed by atoms with Gasteiger partial charge in [0, 0.05) is 5.56 Å². The van der Waals surface area contributed by atoms with Gasteiger partial charge < -0.3 is 9.73 Å². The second-order valence-corrected chi connectivity index (χ2v) is 4.27. The van der Waals surface area contributed by atoms with Crippen molar-refractivity contribution in [1.29, 1.82) is 0 Å². The van der Waals surface area contributed by atoms with Crippen molar-refractivity contribution in [2.75, 3.05) is 6.54 Å². The highest BCUT2D eigenvalue weighted by Crippen LogP contribution is 2.27. The van der Waals surface area contributed by atoms with Crippen LogP contribution in [0.3, 0.4) is 0 Å². The average Bonchev–Trinajstić information content (AvgIpc) is 2.66. The first-order valence-electron chi connectivity index (χ1n) is 6.07. The summed E-state index contributed by atoms with van der Waals surface area (Å²) in [5.74, 6) is 1.97. The molecule has 1 aromatic heterocycles. The molecule has 1 N–H and O–H groups in total. The van der Waals surface area contributed by atoms with Crippen LogP contribution in [-0.4, -0.2) is 6.54 Å². The maximum Gasteiger partial charge on any atom is 0.106 e. The summed E-state index contributed by atoms with van der Waals surface area (Å²) in [7, 11) is 0. The van der Waals surface area contributed by atoms with Crippen LogP contribution < -0.4 is 5.32 Å². The molecular formula is C15H19NO. The van der Waals surface area contributed by atoms with Gasteiger partial charge in [-0.05, 0) is 32.0 Å². The molecule has 17 heavy (non-hydrogen) atoms. The minimum absolute atomic E-state index is 0.221. The van der Waals surface area contributed by atoms with Crippen molar-refractivity contribution in [2.24, 2.45) is 0 Å². The van der Waals surface area contributed by atoms with Crippen LogP contribution in [0.5, 0.6) is 0 Å². The highest BCUT2D eigenvalue weighted by atomic mass is 16.3. The van der Waals surface area contributed by atoms with E-state index >= 15 is 0 Å². The van der Waals surface area contributed by atoms with Gasteiger partial charge in [0.25, 0.3) is 0 Å². The summed E-state index contributed by atoms with van der Waals surface area (Å²) in [6.45, 7) is 7.07. The van der Waals surface area contributed by atoms with E-state index < -0.39 is 0 Å². The third-order valence-electron chi connectivity index (χ3n) is 2.93. The second-order valence-electron chi connectivity index (χ2n) is 4.27. The van der Waals surface area contributed by atoms with Crippen molar-refractivity contribution in [3.8, 4) is 0 Å². The van der Waals surface area contributed by atoms with E-state index in [2.05, 4.69) is 42.6 Å². The van der Waals surface area contributed by atoms with Gasteiger partial charge in [-0.25, -0.2) is 0 Å². The molecule has 2 rings (SSSR count). The quantitative estimate of drug-likeness (QED) is 0.866. The Hall–Kier alpha value is -1.54. The van der Waals surface area contributed by atoms with Crippen molar-refractivity contribution < 1.29 is 4.42 Å². The van der Waals surface area contributed by atoms with E-state index in [0.29, 0.717) is 0 Å². The molecule has 1 unspecified atom stereocenters. The predicted molar refractivity (Wildman–Crippen MR) is 70.1 cm³/mol. The molecule has 0 saturated heterocycles. The van der Waals surface area contributed by atoms with E-state index in [1.807, 2.05) is 19.9 Å². The topological polar surface area (TPSA) is 25.2 Å². The lowest BCUT2D eigenvalue weighted by atomic mass is 9.99.